The van der Waals surface area contributed by atoms with Crippen molar-refractivity contribution in [2.75, 3.05) is 6.54 Å². The van der Waals surface area contributed by atoms with E-state index in [0.29, 0.717) is 31.7 Å². The molecule has 1 N–H and O–H groups in total. The minimum absolute atomic E-state index is 0.292. The van der Waals surface area contributed by atoms with Gasteiger partial charge in [0.05, 0.1) is 12.8 Å². The Morgan fingerprint density at radius 3 is 2.61 bits per heavy atom. The summed E-state index contributed by atoms with van der Waals surface area (Å²) in [4.78, 5) is 25.2. The Balaban J connectivity index is 2.12. The van der Waals surface area contributed by atoms with Gasteiger partial charge in [-0.2, -0.15) is 0 Å². The first-order valence-electron chi connectivity index (χ1n) is 6.15. The molecule has 1 saturated carbocycles. The largest absolute Gasteiger partial charge is 0.480 e. The minimum Gasteiger partial charge on any atom is -0.480 e. The Hall–Kier alpha value is -1.78. The summed E-state index contributed by atoms with van der Waals surface area (Å²) in [5, 5.41) is 9.25. The number of hydrogen-bond donors (Lipinski definition) is 1. The van der Waals surface area contributed by atoms with E-state index in [9.17, 15) is 14.7 Å². The normalized spacial score (nSPS) is 16.9. The van der Waals surface area contributed by atoms with Gasteiger partial charge < -0.3 is 14.4 Å². The quantitative estimate of drug-likeness (QED) is 0.811. The van der Waals surface area contributed by atoms with E-state index < -0.39 is 11.4 Å². The third-order valence-electron chi connectivity index (χ3n) is 3.62. The number of carboxylic acids is 1. The predicted octanol–water partition coefficient (Wildman–Crippen LogP) is 1.88. The molecule has 1 heterocycles. The molecule has 2 rings (SSSR count). The van der Waals surface area contributed by atoms with E-state index in [1.807, 2.05) is 6.92 Å². The summed E-state index contributed by atoms with van der Waals surface area (Å²) in [6.45, 7) is 2.65. The molecule has 1 aliphatic rings. The van der Waals surface area contributed by atoms with Crippen LogP contribution in [-0.4, -0.2) is 28.4 Å². The Morgan fingerprint density at radius 1 is 1.50 bits per heavy atom. The highest BCUT2D eigenvalue weighted by Gasteiger charge is 2.52. The van der Waals surface area contributed by atoms with E-state index in [0.717, 1.165) is 6.42 Å². The molecule has 1 aliphatic carbocycles. The van der Waals surface area contributed by atoms with Gasteiger partial charge in [0.15, 0.2) is 0 Å². The first-order chi connectivity index (χ1) is 8.60. The highest BCUT2D eigenvalue weighted by Crippen LogP contribution is 2.43. The van der Waals surface area contributed by atoms with Gasteiger partial charge in [-0.25, -0.2) is 0 Å². The molecule has 18 heavy (non-hydrogen) atoms. The van der Waals surface area contributed by atoms with Gasteiger partial charge in [-0.3, -0.25) is 9.59 Å². The fourth-order valence-electron chi connectivity index (χ4n) is 2.27. The summed E-state index contributed by atoms with van der Waals surface area (Å²) in [5.74, 6) is -0.623. The van der Waals surface area contributed by atoms with Crippen LogP contribution in [0.25, 0.3) is 0 Å². The second kappa shape index (κ2) is 4.84. The highest BCUT2D eigenvalue weighted by atomic mass is 16.4. The van der Waals surface area contributed by atoms with Gasteiger partial charge >= 0.3 is 5.97 Å². The van der Waals surface area contributed by atoms with Crippen molar-refractivity contribution < 1.29 is 19.1 Å². The van der Waals surface area contributed by atoms with Gasteiger partial charge in [0.25, 0.3) is 0 Å². The first-order valence-corrected chi connectivity index (χ1v) is 6.15. The van der Waals surface area contributed by atoms with Crippen molar-refractivity contribution in [1.29, 1.82) is 0 Å². The standard InChI is InChI=1S/C13H17NO4/c1-2-14(9-10-5-3-8-18-10)11(15)13(12(16)17)6-4-7-13/h3,5,8H,2,4,6-7,9H2,1H3,(H,16,17). The third kappa shape index (κ3) is 2.00. The fourth-order valence-corrected chi connectivity index (χ4v) is 2.27. The summed E-state index contributed by atoms with van der Waals surface area (Å²) < 4.78 is 5.20. The molecule has 5 nitrogen and oxygen atoms in total. The molecule has 0 atom stereocenters. The summed E-state index contributed by atoms with van der Waals surface area (Å²) in [6.07, 6.45) is 3.23. The summed E-state index contributed by atoms with van der Waals surface area (Å²) in [5.41, 5.74) is -1.19. The molecule has 5 heteroatoms. The second-order valence-electron chi connectivity index (χ2n) is 4.64. The number of furan rings is 1. The highest BCUT2D eigenvalue weighted by molar-refractivity contribution is 6.02. The maximum absolute atomic E-state index is 12.3. The number of carbonyl (C=O) groups is 2. The fraction of sp³-hybridized carbons (Fsp3) is 0.538. The van der Waals surface area contributed by atoms with Crippen LogP contribution in [0, 0.1) is 5.41 Å². The number of carboxylic acid groups (broad SMARTS) is 1. The maximum atomic E-state index is 12.3. The zero-order chi connectivity index (χ0) is 13.2. The lowest BCUT2D eigenvalue weighted by molar-refractivity contribution is -0.167. The monoisotopic (exact) mass is 251 g/mol. The third-order valence-corrected chi connectivity index (χ3v) is 3.62. The van der Waals surface area contributed by atoms with Crippen molar-refractivity contribution in [2.45, 2.75) is 32.7 Å². The lowest BCUT2D eigenvalue weighted by Gasteiger charge is -2.39. The van der Waals surface area contributed by atoms with E-state index in [2.05, 4.69) is 0 Å². The van der Waals surface area contributed by atoms with Crippen LogP contribution < -0.4 is 0 Å². The van der Waals surface area contributed by atoms with Crippen LogP contribution in [0.4, 0.5) is 0 Å². The number of carbonyl (C=O) groups excluding carboxylic acids is 1. The number of rotatable bonds is 5. The molecular weight excluding hydrogens is 234 g/mol. The van der Waals surface area contributed by atoms with Crippen molar-refractivity contribution in [3.8, 4) is 0 Å². The Morgan fingerprint density at radius 2 is 2.22 bits per heavy atom. The van der Waals surface area contributed by atoms with E-state index in [1.165, 1.54) is 0 Å². The number of aliphatic carboxylic acids is 1. The van der Waals surface area contributed by atoms with Crippen LogP contribution in [0.1, 0.15) is 31.9 Å². The van der Waals surface area contributed by atoms with E-state index in [4.69, 9.17) is 4.42 Å². The minimum atomic E-state index is -1.19. The second-order valence-corrected chi connectivity index (χ2v) is 4.64. The van der Waals surface area contributed by atoms with Crippen LogP contribution >= 0.6 is 0 Å². The molecule has 1 aromatic heterocycles. The van der Waals surface area contributed by atoms with E-state index in [-0.39, 0.29) is 5.91 Å². The van der Waals surface area contributed by atoms with E-state index >= 15 is 0 Å². The maximum Gasteiger partial charge on any atom is 0.319 e. The molecule has 1 aromatic rings. The molecule has 0 radical (unpaired) electrons. The van der Waals surface area contributed by atoms with Crippen molar-refractivity contribution in [3.63, 3.8) is 0 Å². The SMILES string of the molecule is CCN(Cc1ccco1)C(=O)C1(C(=O)O)CCC1. The molecule has 0 unspecified atom stereocenters. The zero-order valence-corrected chi connectivity index (χ0v) is 10.4. The van der Waals surface area contributed by atoms with E-state index in [1.54, 1.807) is 23.3 Å². The van der Waals surface area contributed by atoms with Gasteiger partial charge in [-0.1, -0.05) is 6.42 Å². The van der Waals surface area contributed by atoms with Crippen LogP contribution in [0.2, 0.25) is 0 Å². The average molecular weight is 251 g/mol. The lowest BCUT2D eigenvalue weighted by atomic mass is 9.67. The van der Waals surface area contributed by atoms with Crippen LogP contribution in [0.15, 0.2) is 22.8 Å². The zero-order valence-electron chi connectivity index (χ0n) is 10.4. The number of amides is 1. The topological polar surface area (TPSA) is 70.8 Å². The molecule has 0 saturated heterocycles. The van der Waals surface area contributed by atoms with Crippen LogP contribution in [-0.2, 0) is 16.1 Å². The predicted molar refractivity (Wildman–Crippen MR) is 63.7 cm³/mol. The molecule has 1 fully saturated rings. The summed E-state index contributed by atoms with van der Waals surface area (Å²) in [7, 11) is 0. The summed E-state index contributed by atoms with van der Waals surface area (Å²) in [6, 6.07) is 3.54. The molecule has 0 bridgehead atoms. The molecular formula is C13H17NO4. The molecule has 1 amide bonds. The van der Waals surface area contributed by atoms with Gasteiger partial charge in [-0.15, -0.1) is 0 Å². The lowest BCUT2D eigenvalue weighted by Crippen LogP contribution is -2.52. The molecule has 0 spiro atoms. The van der Waals surface area contributed by atoms with Gasteiger partial charge in [0.2, 0.25) is 5.91 Å². The van der Waals surface area contributed by atoms with Crippen LogP contribution in [0.3, 0.4) is 0 Å². The number of nitrogens with zero attached hydrogens (tertiary/aromatic N) is 1. The summed E-state index contributed by atoms with van der Waals surface area (Å²) >= 11 is 0. The van der Waals surface area contributed by atoms with Crippen LogP contribution in [0.5, 0.6) is 0 Å². The molecule has 0 aliphatic heterocycles. The van der Waals surface area contributed by atoms with Crippen molar-refractivity contribution in [1.82, 2.24) is 4.90 Å². The van der Waals surface area contributed by atoms with Gasteiger partial charge in [0, 0.05) is 6.54 Å². The average Bonchev–Trinajstić information content (AvgIpc) is 2.76. The molecule has 98 valence electrons. The first kappa shape index (κ1) is 12.7. The van der Waals surface area contributed by atoms with Gasteiger partial charge in [-0.05, 0) is 31.9 Å². The molecule has 0 aromatic carbocycles. The van der Waals surface area contributed by atoms with Crippen molar-refractivity contribution >= 4 is 11.9 Å². The van der Waals surface area contributed by atoms with Gasteiger partial charge in [0.1, 0.15) is 11.2 Å². The Kier molecular flexibility index (Phi) is 3.41. The Bertz CT molecular complexity index is 434. The van der Waals surface area contributed by atoms with Crippen molar-refractivity contribution in [3.05, 3.63) is 24.2 Å². The van der Waals surface area contributed by atoms with Crippen molar-refractivity contribution in [2.24, 2.45) is 5.41 Å². The number of hydrogen-bond acceptors (Lipinski definition) is 3. The smallest absolute Gasteiger partial charge is 0.319 e. The Labute approximate surface area is 105 Å².